The molecule has 5 heteroatoms. The van der Waals surface area contributed by atoms with Gasteiger partial charge in [-0.15, -0.1) is 0 Å². The first kappa shape index (κ1) is 6.70. The van der Waals surface area contributed by atoms with Gasteiger partial charge in [0.1, 0.15) is 12.7 Å². The highest BCUT2D eigenvalue weighted by atomic mass is 15.3. The van der Waals surface area contributed by atoms with E-state index in [2.05, 4.69) is 10.1 Å². The van der Waals surface area contributed by atoms with Crippen molar-refractivity contribution in [1.29, 1.82) is 0 Å². The molecule has 0 atom stereocenters. The van der Waals surface area contributed by atoms with Gasteiger partial charge in [-0.1, -0.05) is 6.04 Å². The lowest BCUT2D eigenvalue weighted by molar-refractivity contribution is 0.685. The van der Waals surface area contributed by atoms with Crippen molar-refractivity contribution < 1.29 is 6.89 Å². The highest BCUT2D eigenvalue weighted by Crippen LogP contribution is 2.20. The zero-order valence-electron chi connectivity index (χ0n) is 14.6. The Balaban J connectivity index is 2.32. The van der Waals surface area contributed by atoms with Crippen LogP contribution in [-0.4, -0.2) is 26.3 Å². The van der Waals surface area contributed by atoms with E-state index in [0.29, 0.717) is 22.9 Å². The van der Waals surface area contributed by atoms with E-state index in [1.807, 2.05) is 0 Å². The fourth-order valence-electron chi connectivity index (χ4n) is 1.80. The van der Waals surface area contributed by atoms with Crippen LogP contribution < -0.4 is 5.73 Å². The van der Waals surface area contributed by atoms with Crippen molar-refractivity contribution in [3.05, 3.63) is 48.1 Å². The monoisotopic (exact) mass is 246 g/mol. The van der Waals surface area contributed by atoms with Gasteiger partial charge in [0.15, 0.2) is 1.41 Å². The molecule has 0 bridgehead atoms. The number of nitrogens with zero attached hydrogens (tertiary/aromatic N) is 3. The quantitative estimate of drug-likeness (QED) is 0.729. The van der Waals surface area contributed by atoms with Crippen LogP contribution in [0, 0.1) is 0 Å². The number of fused-ring (bicyclic) bond motifs is 1. The maximum atomic E-state index is 8.42. The van der Waals surface area contributed by atoms with Crippen molar-refractivity contribution in [3.8, 4) is 0 Å². The first-order chi connectivity index (χ1) is 11.0. The normalized spacial score (nSPS) is 15.1. The summed E-state index contributed by atoms with van der Waals surface area (Å²) in [5, 5.41) is 4.32. The summed E-state index contributed by atoms with van der Waals surface area (Å²) in [6.07, 6.45) is 3.07. The van der Waals surface area contributed by atoms with E-state index < -0.39 is 0 Å². The molecule has 18 heavy (non-hydrogen) atoms. The summed E-state index contributed by atoms with van der Waals surface area (Å²) in [4.78, 5) is 4.63. The van der Waals surface area contributed by atoms with E-state index >= 15 is 0 Å². The number of hydrogen-bond donors (Lipinski definition) is 2. The van der Waals surface area contributed by atoms with Gasteiger partial charge in [-0.3, -0.25) is 0 Å². The molecule has 0 aliphatic heterocycles. The van der Waals surface area contributed by atoms with E-state index in [1.54, 1.807) is 0 Å². The summed E-state index contributed by atoms with van der Waals surface area (Å²) in [6.45, 7) is 0.414. The molecule has 2 aromatic heterocycles. The van der Waals surface area contributed by atoms with Crippen LogP contribution in [0.5, 0.6) is 0 Å². The Labute approximate surface area is 112 Å². The van der Waals surface area contributed by atoms with E-state index in [4.69, 9.17) is 12.6 Å². The van der Waals surface area contributed by atoms with Crippen molar-refractivity contribution >= 4 is 10.9 Å². The number of hydrogen-bond acceptors (Lipinski definition) is 3. The molecule has 2 heterocycles. The highest BCUT2D eigenvalue weighted by Gasteiger charge is 2.04. The van der Waals surface area contributed by atoms with Crippen LogP contribution in [0.15, 0.2) is 37.0 Å². The predicted molar refractivity (Wildman–Crippen MR) is 70.2 cm³/mol. The average Bonchev–Trinajstić information content (AvgIpc) is 3.12. The molecule has 0 spiro atoms. The molecular weight excluding hydrogens is 226 g/mol. The second-order valence-corrected chi connectivity index (χ2v) is 3.91. The second kappa shape index (κ2) is 4.62. The molecule has 0 saturated heterocycles. The number of H-pyrrole nitrogens is 1. The number of nitrogens with one attached hydrogen (secondary N) is 1. The maximum absolute atomic E-state index is 8.42. The van der Waals surface area contributed by atoms with Crippen molar-refractivity contribution in [3.63, 3.8) is 0 Å². The van der Waals surface area contributed by atoms with Gasteiger partial charge in [0, 0.05) is 17.1 Å². The van der Waals surface area contributed by atoms with E-state index in [1.165, 1.54) is 17.3 Å². The van der Waals surface area contributed by atoms with E-state index in [9.17, 15) is 0 Å². The number of aromatic nitrogens is 4. The molecule has 0 amide bonds. The molecule has 3 rings (SSSR count). The standard InChI is InChI=1S/C13H15N5/c14-4-3-11-6-16-13-2-1-10(5-12(11)13)7-18-9-15-8-17-18/h1-2,5-6,8-9,16H,3-4,7,14H2/i1D,2D,5D,6D/hD. The second-order valence-electron chi connectivity index (χ2n) is 3.91. The third-order valence-electron chi connectivity index (χ3n) is 2.63. The molecule has 0 aliphatic carbocycles. The van der Waals surface area contributed by atoms with Crippen LogP contribution in [0.4, 0.5) is 0 Å². The minimum absolute atomic E-state index is 0.0412. The van der Waals surface area contributed by atoms with Crippen molar-refractivity contribution in [1.82, 2.24) is 19.7 Å². The highest BCUT2D eigenvalue weighted by molar-refractivity contribution is 5.83. The molecule has 0 saturated carbocycles. The van der Waals surface area contributed by atoms with Crippen LogP contribution >= 0.6 is 0 Å². The fraction of sp³-hybridized carbons (Fsp3) is 0.231. The van der Waals surface area contributed by atoms with Gasteiger partial charge in [0.2, 0.25) is 0 Å². The average molecular weight is 246 g/mol. The van der Waals surface area contributed by atoms with Crippen molar-refractivity contribution in [2.75, 3.05) is 6.54 Å². The van der Waals surface area contributed by atoms with Crippen LogP contribution in [-0.2, 0) is 13.0 Å². The number of rotatable bonds is 4. The Morgan fingerprint density at radius 3 is 3.22 bits per heavy atom. The van der Waals surface area contributed by atoms with Crippen LogP contribution in [0.25, 0.3) is 10.9 Å². The molecule has 0 radical (unpaired) electrons. The SMILES string of the molecule is [2H]c1c(Cn2cncn2)c([2H])c2c(CCN)c([2H])n([2H])c2c1[2H]. The Bertz CT molecular complexity index is 871. The molecule has 0 aliphatic rings. The zero-order chi connectivity index (χ0) is 16.7. The molecule has 0 unspecified atom stereocenters. The third kappa shape index (κ3) is 2.00. The van der Waals surface area contributed by atoms with Crippen LogP contribution in [0.2, 0.25) is 1.41 Å². The summed E-state index contributed by atoms with van der Waals surface area (Å²) in [7, 11) is 0. The largest absolute Gasteiger partial charge is 0.361 e. The number of aromatic amines is 1. The van der Waals surface area contributed by atoms with E-state index in [-0.39, 0.29) is 42.9 Å². The Hall–Kier alpha value is -2.14. The summed E-state index contributed by atoms with van der Waals surface area (Å²) < 4.78 is 42.2. The molecule has 0 fully saturated rings. The van der Waals surface area contributed by atoms with Crippen molar-refractivity contribution in [2.24, 2.45) is 5.73 Å². The smallest absolute Gasteiger partial charge is 0.166 e. The zero-order valence-corrected chi connectivity index (χ0v) is 9.64. The Morgan fingerprint density at radius 2 is 2.44 bits per heavy atom. The molecule has 92 valence electrons. The van der Waals surface area contributed by atoms with Gasteiger partial charge in [-0.2, -0.15) is 5.10 Å². The van der Waals surface area contributed by atoms with Gasteiger partial charge in [0.25, 0.3) is 0 Å². The lowest BCUT2D eigenvalue weighted by atomic mass is 10.1. The summed E-state index contributed by atoms with van der Waals surface area (Å²) in [6, 6.07) is -0.263. The molecule has 3 N–H and O–H groups in total. The molecule has 1 aromatic carbocycles. The number of nitrogens with two attached hydrogens (primary N) is 1. The van der Waals surface area contributed by atoms with Gasteiger partial charge < -0.3 is 10.7 Å². The van der Waals surface area contributed by atoms with Crippen LogP contribution in [0.3, 0.4) is 0 Å². The molecule has 5 nitrogen and oxygen atoms in total. The van der Waals surface area contributed by atoms with Gasteiger partial charge >= 0.3 is 0 Å². The maximum Gasteiger partial charge on any atom is 0.166 e. The van der Waals surface area contributed by atoms with Crippen molar-refractivity contribution in [2.45, 2.75) is 13.0 Å². The first-order valence-electron chi connectivity index (χ1n) is 8.06. The predicted octanol–water partition coefficient (Wildman–Crippen LogP) is 1.31. The Morgan fingerprint density at radius 1 is 1.50 bits per heavy atom. The first-order valence-corrected chi connectivity index (χ1v) is 5.61. The number of benzene rings is 1. The fourth-order valence-corrected chi connectivity index (χ4v) is 1.80. The van der Waals surface area contributed by atoms with Gasteiger partial charge in [-0.25, -0.2) is 9.67 Å². The third-order valence-corrected chi connectivity index (χ3v) is 2.63. The summed E-state index contributed by atoms with van der Waals surface area (Å²) in [5.74, 6) is 0. The van der Waals surface area contributed by atoms with Gasteiger partial charge in [-0.05, 0) is 36.2 Å². The van der Waals surface area contributed by atoms with Gasteiger partial charge in [0.05, 0.1) is 12.0 Å². The summed E-state index contributed by atoms with van der Waals surface area (Å²) in [5.41, 5.74) is 6.47. The topological polar surface area (TPSA) is 72.5 Å². The molecule has 3 aromatic rings. The minimum Gasteiger partial charge on any atom is -0.361 e. The molecular formula is C13H15N5. The van der Waals surface area contributed by atoms with E-state index in [0.717, 1.165) is 4.98 Å². The minimum atomic E-state index is -0.169. The Kier molecular flexibility index (Phi) is 1.72. The summed E-state index contributed by atoms with van der Waals surface area (Å²) >= 11 is 0. The lowest BCUT2D eigenvalue weighted by Crippen LogP contribution is -2.02. The van der Waals surface area contributed by atoms with Crippen LogP contribution in [0.1, 0.15) is 16.6 Å². The lowest BCUT2D eigenvalue weighted by Gasteiger charge is -2.03.